The van der Waals surface area contributed by atoms with Gasteiger partial charge in [0.1, 0.15) is 5.75 Å². The number of nitrogens with zero attached hydrogens (tertiary/aromatic N) is 1. The standard InChI is InChI=1S/C21H22F3NO4S/c1-14(16-5-6-16)25(13-15-3-9-18(29-2)10-4-15)20(26)17-7-11-19(12-8-17)30(27,28)21(22,23)24/h3-4,7-12,14,16H,5-6,13H2,1-2H3. The van der Waals surface area contributed by atoms with E-state index in [1.807, 2.05) is 19.1 Å². The van der Waals surface area contributed by atoms with E-state index in [1.54, 1.807) is 24.1 Å². The van der Waals surface area contributed by atoms with Crippen molar-refractivity contribution in [3.8, 4) is 5.75 Å². The molecule has 0 radical (unpaired) electrons. The van der Waals surface area contributed by atoms with Gasteiger partial charge in [-0.2, -0.15) is 13.2 Å². The number of alkyl halides is 3. The molecule has 0 spiro atoms. The van der Waals surface area contributed by atoms with Gasteiger partial charge in [-0.15, -0.1) is 0 Å². The number of carbonyl (C=O) groups is 1. The molecule has 0 heterocycles. The number of rotatable bonds is 7. The van der Waals surface area contributed by atoms with E-state index >= 15 is 0 Å². The number of sulfone groups is 1. The van der Waals surface area contributed by atoms with Crippen molar-refractivity contribution < 1.29 is 31.1 Å². The summed E-state index contributed by atoms with van der Waals surface area (Å²) < 4.78 is 66.4. The maximum atomic E-state index is 13.1. The van der Waals surface area contributed by atoms with Gasteiger partial charge in [-0.3, -0.25) is 4.79 Å². The quantitative estimate of drug-likeness (QED) is 0.638. The lowest BCUT2D eigenvalue weighted by Crippen LogP contribution is -2.39. The number of ether oxygens (including phenoxy) is 1. The lowest BCUT2D eigenvalue weighted by Gasteiger charge is -2.30. The minimum absolute atomic E-state index is 0.0572. The van der Waals surface area contributed by atoms with Gasteiger partial charge in [0.25, 0.3) is 15.7 Å². The first-order valence-corrected chi connectivity index (χ1v) is 10.9. The minimum atomic E-state index is -5.45. The zero-order valence-electron chi connectivity index (χ0n) is 16.5. The number of benzene rings is 2. The summed E-state index contributed by atoms with van der Waals surface area (Å²) in [6.45, 7) is 2.27. The van der Waals surface area contributed by atoms with Crippen LogP contribution in [0.15, 0.2) is 53.4 Å². The Morgan fingerprint density at radius 1 is 1.10 bits per heavy atom. The molecule has 0 saturated heterocycles. The molecule has 3 rings (SSSR count). The van der Waals surface area contributed by atoms with E-state index in [9.17, 15) is 26.4 Å². The summed E-state index contributed by atoms with van der Waals surface area (Å²) in [7, 11) is -3.89. The van der Waals surface area contributed by atoms with E-state index in [4.69, 9.17) is 4.74 Å². The molecule has 30 heavy (non-hydrogen) atoms. The average Bonchev–Trinajstić information content (AvgIpc) is 3.56. The third-order valence-corrected chi connectivity index (χ3v) is 6.79. The molecule has 1 unspecified atom stereocenters. The summed E-state index contributed by atoms with van der Waals surface area (Å²) in [6.07, 6.45) is 2.02. The van der Waals surface area contributed by atoms with Gasteiger partial charge < -0.3 is 9.64 Å². The molecule has 162 valence electrons. The second kappa shape index (κ2) is 8.29. The highest BCUT2D eigenvalue weighted by molar-refractivity contribution is 7.92. The van der Waals surface area contributed by atoms with E-state index in [1.165, 1.54) is 0 Å². The SMILES string of the molecule is COc1ccc(CN(C(=O)c2ccc(S(=O)(=O)C(F)(F)F)cc2)C(C)C2CC2)cc1. The van der Waals surface area contributed by atoms with Crippen LogP contribution in [0.3, 0.4) is 0 Å². The van der Waals surface area contributed by atoms with Crippen molar-refractivity contribution in [2.75, 3.05) is 7.11 Å². The molecule has 0 bridgehead atoms. The van der Waals surface area contributed by atoms with Gasteiger partial charge in [-0.05, 0) is 67.6 Å². The maximum Gasteiger partial charge on any atom is 0.501 e. The van der Waals surface area contributed by atoms with Crippen LogP contribution >= 0.6 is 0 Å². The highest BCUT2D eigenvalue weighted by Crippen LogP contribution is 2.36. The lowest BCUT2D eigenvalue weighted by atomic mass is 10.1. The summed E-state index contributed by atoms with van der Waals surface area (Å²) in [6, 6.07) is 11.1. The Kier molecular flexibility index (Phi) is 6.12. The summed E-state index contributed by atoms with van der Waals surface area (Å²) >= 11 is 0. The Bertz CT molecular complexity index is 998. The molecule has 5 nitrogen and oxygen atoms in total. The molecule has 1 aliphatic rings. The van der Waals surface area contributed by atoms with Crippen molar-refractivity contribution in [1.82, 2.24) is 4.90 Å². The van der Waals surface area contributed by atoms with Crippen LogP contribution in [0.4, 0.5) is 13.2 Å². The molecule has 0 N–H and O–H groups in total. The predicted molar refractivity (Wildman–Crippen MR) is 105 cm³/mol. The van der Waals surface area contributed by atoms with Crippen LogP contribution in [-0.2, 0) is 16.4 Å². The summed E-state index contributed by atoms with van der Waals surface area (Å²) in [4.78, 5) is 13.9. The van der Waals surface area contributed by atoms with Crippen LogP contribution in [0.2, 0.25) is 0 Å². The summed E-state index contributed by atoms with van der Waals surface area (Å²) in [5.41, 5.74) is -4.37. The molecule has 9 heteroatoms. The highest BCUT2D eigenvalue weighted by Gasteiger charge is 2.46. The normalized spacial score (nSPS) is 15.5. The van der Waals surface area contributed by atoms with Crippen LogP contribution in [0.25, 0.3) is 0 Å². The number of halogens is 3. The average molecular weight is 441 g/mol. The summed E-state index contributed by atoms with van der Waals surface area (Å²) in [5.74, 6) is 0.701. The molecule has 0 aliphatic heterocycles. The summed E-state index contributed by atoms with van der Waals surface area (Å²) in [5, 5.41) is 0. The van der Waals surface area contributed by atoms with Crippen LogP contribution in [0.5, 0.6) is 5.75 Å². The van der Waals surface area contributed by atoms with Gasteiger partial charge >= 0.3 is 5.51 Å². The van der Waals surface area contributed by atoms with Crippen LogP contribution < -0.4 is 4.74 Å². The van der Waals surface area contributed by atoms with Crippen molar-refractivity contribution in [2.24, 2.45) is 5.92 Å². The van der Waals surface area contributed by atoms with Crippen molar-refractivity contribution in [2.45, 2.75) is 42.8 Å². The molecular formula is C21H22F3NO4S. The van der Waals surface area contributed by atoms with Gasteiger partial charge in [-0.1, -0.05) is 12.1 Å². The lowest BCUT2D eigenvalue weighted by molar-refractivity contribution is -0.0436. The molecule has 1 aliphatic carbocycles. The zero-order valence-corrected chi connectivity index (χ0v) is 17.3. The smallest absolute Gasteiger partial charge is 0.497 e. The minimum Gasteiger partial charge on any atom is -0.497 e. The van der Waals surface area contributed by atoms with Gasteiger partial charge in [0.15, 0.2) is 0 Å². The topological polar surface area (TPSA) is 63.7 Å². The van der Waals surface area contributed by atoms with Crippen LogP contribution in [-0.4, -0.2) is 37.9 Å². The maximum absolute atomic E-state index is 13.1. The van der Waals surface area contributed by atoms with Gasteiger partial charge in [-0.25, -0.2) is 8.42 Å². The Morgan fingerprint density at radius 2 is 1.67 bits per heavy atom. The fraction of sp³-hybridized carbons (Fsp3) is 0.381. The molecule has 1 atom stereocenters. The number of hydrogen-bond donors (Lipinski definition) is 0. The van der Waals surface area contributed by atoms with Gasteiger partial charge in [0.2, 0.25) is 0 Å². The number of amides is 1. The molecule has 1 saturated carbocycles. The Hall–Kier alpha value is -2.55. The van der Waals surface area contributed by atoms with Gasteiger partial charge in [0, 0.05) is 18.2 Å². The Labute approximate surface area is 173 Å². The van der Waals surface area contributed by atoms with E-state index in [0.29, 0.717) is 18.2 Å². The first kappa shape index (κ1) is 22.1. The fourth-order valence-corrected chi connectivity index (χ4v) is 4.00. The van der Waals surface area contributed by atoms with Crippen molar-refractivity contribution >= 4 is 15.7 Å². The van der Waals surface area contributed by atoms with Crippen LogP contribution in [0, 0.1) is 5.92 Å². The number of carbonyl (C=O) groups excluding carboxylic acids is 1. The first-order valence-electron chi connectivity index (χ1n) is 9.40. The number of methoxy groups -OCH3 is 1. The number of hydrogen-bond acceptors (Lipinski definition) is 4. The monoisotopic (exact) mass is 441 g/mol. The van der Waals surface area contributed by atoms with Crippen molar-refractivity contribution in [3.63, 3.8) is 0 Å². The fourth-order valence-electron chi connectivity index (χ4n) is 3.24. The predicted octanol–water partition coefficient (Wildman–Crippen LogP) is 4.43. The third-order valence-electron chi connectivity index (χ3n) is 5.28. The third kappa shape index (κ3) is 4.61. The van der Waals surface area contributed by atoms with E-state index in [0.717, 1.165) is 42.7 Å². The van der Waals surface area contributed by atoms with E-state index < -0.39 is 20.2 Å². The second-order valence-electron chi connectivity index (χ2n) is 7.33. The molecule has 1 amide bonds. The molecule has 0 aromatic heterocycles. The van der Waals surface area contributed by atoms with Gasteiger partial charge in [0.05, 0.1) is 12.0 Å². The first-order chi connectivity index (χ1) is 14.0. The molecule has 2 aromatic carbocycles. The molecule has 1 fully saturated rings. The highest BCUT2D eigenvalue weighted by atomic mass is 32.2. The molecular weight excluding hydrogens is 419 g/mol. The van der Waals surface area contributed by atoms with E-state index in [2.05, 4.69) is 0 Å². The van der Waals surface area contributed by atoms with E-state index in [-0.39, 0.29) is 17.5 Å². The van der Waals surface area contributed by atoms with Crippen molar-refractivity contribution in [1.29, 1.82) is 0 Å². The second-order valence-corrected chi connectivity index (χ2v) is 9.27. The van der Waals surface area contributed by atoms with Crippen LogP contribution in [0.1, 0.15) is 35.7 Å². The van der Waals surface area contributed by atoms with Crippen molar-refractivity contribution in [3.05, 3.63) is 59.7 Å². The largest absolute Gasteiger partial charge is 0.501 e. The zero-order chi connectivity index (χ0) is 22.1. The molecule has 2 aromatic rings. The Balaban J connectivity index is 1.85. The Morgan fingerprint density at radius 3 is 2.13 bits per heavy atom.